The van der Waals surface area contributed by atoms with E-state index in [-0.39, 0.29) is 36.6 Å². The Morgan fingerprint density at radius 2 is 2.21 bits per heavy atom. The van der Waals surface area contributed by atoms with Crippen molar-refractivity contribution in [3.05, 3.63) is 12.3 Å². The Morgan fingerprint density at radius 3 is 2.74 bits per heavy atom. The molecule has 5 atom stereocenters. The van der Waals surface area contributed by atoms with Crippen LogP contribution < -0.4 is 5.73 Å². The van der Waals surface area contributed by atoms with Gasteiger partial charge in [-0.25, -0.2) is 0 Å². The Balaban J connectivity index is 2.61. The highest BCUT2D eigenvalue weighted by Crippen LogP contribution is 2.35. The summed E-state index contributed by atoms with van der Waals surface area (Å²) in [6.45, 7) is 4.16. The Bertz CT molecular complexity index is 377. The maximum Gasteiger partial charge on any atom is 0.694 e. The van der Waals surface area contributed by atoms with E-state index < -0.39 is 8.25 Å². The lowest BCUT2D eigenvalue weighted by atomic mass is 9.93. The summed E-state index contributed by atoms with van der Waals surface area (Å²) in [6.07, 6.45) is 2.77. The average Bonchev–Trinajstić information content (AvgIpc) is 2.61. The molecule has 1 fully saturated rings. The van der Waals surface area contributed by atoms with Crippen molar-refractivity contribution >= 4 is 14.1 Å². The molecule has 108 valence electrons. The monoisotopic (exact) mass is 290 g/mol. The van der Waals surface area contributed by atoms with Gasteiger partial charge in [0.05, 0.1) is 6.10 Å². The predicted molar refractivity (Wildman–Crippen MR) is 71.6 cm³/mol. The van der Waals surface area contributed by atoms with Gasteiger partial charge in [-0.05, 0) is 12.0 Å². The third-order valence-electron chi connectivity index (χ3n) is 3.42. The molecule has 7 nitrogen and oxygen atoms in total. The molecule has 19 heavy (non-hydrogen) atoms. The molecule has 0 saturated carbocycles. The zero-order valence-corrected chi connectivity index (χ0v) is 12.2. The maximum atomic E-state index is 10.5. The van der Waals surface area contributed by atoms with Gasteiger partial charge in [-0.1, -0.05) is 13.8 Å². The lowest BCUT2D eigenvalue weighted by molar-refractivity contribution is -0.0511. The molecule has 0 radical (unpaired) electrons. The molecule has 0 aromatic rings. The zero-order valence-electron chi connectivity index (χ0n) is 11.3. The number of nitrogens with one attached hydrogen (secondary N) is 1. The molecule has 1 aliphatic heterocycles. The summed E-state index contributed by atoms with van der Waals surface area (Å²) in [7, 11) is -0.761. The third kappa shape index (κ3) is 4.54. The van der Waals surface area contributed by atoms with Crippen LogP contribution in [-0.2, 0) is 13.8 Å². The molecular weight excluding hydrogens is 269 g/mol. The molecule has 4 N–H and O–H groups in total. The van der Waals surface area contributed by atoms with E-state index >= 15 is 0 Å². The van der Waals surface area contributed by atoms with Gasteiger partial charge in [0.15, 0.2) is 0 Å². The van der Waals surface area contributed by atoms with Crippen molar-refractivity contribution in [1.29, 1.82) is 5.41 Å². The van der Waals surface area contributed by atoms with E-state index in [1.807, 2.05) is 25.8 Å². The fourth-order valence-corrected chi connectivity index (χ4v) is 2.38. The first-order chi connectivity index (χ1) is 8.82. The maximum absolute atomic E-state index is 10.5. The van der Waals surface area contributed by atoms with Gasteiger partial charge < -0.3 is 15.4 Å². The van der Waals surface area contributed by atoms with Crippen LogP contribution in [0.1, 0.15) is 13.8 Å². The fourth-order valence-electron chi connectivity index (χ4n) is 2.10. The minimum atomic E-state index is -2.60. The molecule has 0 aromatic carbocycles. The number of nitrogens with zero attached hydrogens (tertiary/aromatic N) is 1. The highest BCUT2D eigenvalue weighted by atomic mass is 31.1. The van der Waals surface area contributed by atoms with Gasteiger partial charge in [0.25, 0.3) is 0 Å². The van der Waals surface area contributed by atoms with Crippen LogP contribution in [0.2, 0.25) is 0 Å². The predicted octanol–water partition coefficient (Wildman–Crippen LogP) is 1.03. The number of nitrogens with two attached hydrogens (primary N) is 1. The molecule has 8 heteroatoms. The van der Waals surface area contributed by atoms with Crippen LogP contribution in [0.25, 0.3) is 0 Å². The van der Waals surface area contributed by atoms with Crippen LogP contribution in [0.4, 0.5) is 0 Å². The lowest BCUT2D eigenvalue weighted by Gasteiger charge is -2.26. The molecule has 0 amide bonds. The fraction of sp³-hybridized carbons (Fsp3) is 0.727. The number of rotatable bonds is 6. The Kier molecular flexibility index (Phi) is 5.87. The van der Waals surface area contributed by atoms with Gasteiger partial charge in [0.2, 0.25) is 0 Å². The molecule has 1 rings (SSSR count). The van der Waals surface area contributed by atoms with Crippen LogP contribution in [0.15, 0.2) is 12.3 Å². The lowest BCUT2D eigenvalue weighted by Crippen LogP contribution is -2.32. The van der Waals surface area contributed by atoms with Crippen molar-refractivity contribution < 1.29 is 18.7 Å². The van der Waals surface area contributed by atoms with Crippen molar-refractivity contribution in [2.24, 2.45) is 17.6 Å². The van der Waals surface area contributed by atoms with Crippen molar-refractivity contribution in [1.82, 2.24) is 4.90 Å². The second-order valence-corrected chi connectivity index (χ2v) is 5.49. The molecule has 0 aliphatic carbocycles. The van der Waals surface area contributed by atoms with Crippen LogP contribution >= 0.6 is 8.25 Å². The topological polar surface area (TPSA) is 109 Å². The van der Waals surface area contributed by atoms with Gasteiger partial charge in [0.1, 0.15) is 18.7 Å². The van der Waals surface area contributed by atoms with Crippen molar-refractivity contribution in [3.8, 4) is 0 Å². The number of ether oxygens (including phenoxy) is 1. The number of hydrogen-bond donors (Lipinski definition) is 3. The Labute approximate surface area is 113 Å². The SMILES string of the molecule is CC1C(C)[C@@H](CO[P+](=O)O)O[C@H]1N(C)/C=C\C(=N)N. The Morgan fingerprint density at radius 1 is 1.58 bits per heavy atom. The van der Waals surface area contributed by atoms with Gasteiger partial charge in [-0.15, -0.1) is 9.42 Å². The first-order valence-corrected chi connectivity index (χ1v) is 7.14. The molecular formula is C11H21N3O4P+. The molecule has 0 aromatic heterocycles. The highest BCUT2D eigenvalue weighted by molar-refractivity contribution is 7.32. The summed E-state index contributed by atoms with van der Waals surface area (Å²) >= 11 is 0. The molecule has 3 unspecified atom stereocenters. The number of amidine groups is 1. The Hall–Kier alpha value is -1.01. The zero-order chi connectivity index (χ0) is 14.6. The molecule has 1 aliphatic rings. The van der Waals surface area contributed by atoms with E-state index in [4.69, 9.17) is 25.3 Å². The van der Waals surface area contributed by atoms with E-state index in [1.165, 1.54) is 6.08 Å². The van der Waals surface area contributed by atoms with E-state index in [0.29, 0.717) is 0 Å². The van der Waals surface area contributed by atoms with E-state index in [9.17, 15) is 4.57 Å². The van der Waals surface area contributed by atoms with Crippen LogP contribution in [0, 0.1) is 17.2 Å². The van der Waals surface area contributed by atoms with E-state index in [1.54, 1.807) is 6.20 Å². The summed E-state index contributed by atoms with van der Waals surface area (Å²) in [6, 6.07) is 0. The molecule has 1 heterocycles. The van der Waals surface area contributed by atoms with Crippen molar-refractivity contribution in [2.45, 2.75) is 26.2 Å². The normalized spacial score (nSPS) is 31.7. The highest BCUT2D eigenvalue weighted by Gasteiger charge is 2.41. The van der Waals surface area contributed by atoms with Gasteiger partial charge in [-0.3, -0.25) is 5.41 Å². The second kappa shape index (κ2) is 6.96. The summed E-state index contributed by atoms with van der Waals surface area (Å²) in [5.74, 6) is 0.405. The second-order valence-electron chi connectivity index (χ2n) is 4.75. The minimum Gasteiger partial charge on any atom is -0.384 e. The van der Waals surface area contributed by atoms with Crippen molar-refractivity contribution in [2.75, 3.05) is 13.7 Å². The quantitative estimate of drug-likeness (QED) is 0.383. The molecule has 0 spiro atoms. The summed E-state index contributed by atoms with van der Waals surface area (Å²) in [5.41, 5.74) is 5.26. The van der Waals surface area contributed by atoms with Gasteiger partial charge in [-0.2, -0.15) is 0 Å². The standard InChI is InChI=1S/C11H20N3O4P/c1-7-8(2)11(14(3)5-4-10(12)13)18-9(7)6-17-19(15)16/h4-5,7-9,11H,6H2,1-3H3,(H3-,12,13,15,16)/p+1/b5-4-/t7?,8?,9-,11-/m1/s1. The van der Waals surface area contributed by atoms with Gasteiger partial charge >= 0.3 is 8.25 Å². The summed E-state index contributed by atoms with van der Waals surface area (Å²) < 4.78 is 21.1. The smallest absolute Gasteiger partial charge is 0.384 e. The molecule has 1 saturated heterocycles. The number of hydrogen-bond acceptors (Lipinski definition) is 5. The van der Waals surface area contributed by atoms with E-state index in [2.05, 4.69) is 0 Å². The summed E-state index contributed by atoms with van der Waals surface area (Å²) in [4.78, 5) is 10.5. The van der Waals surface area contributed by atoms with Crippen LogP contribution in [0.5, 0.6) is 0 Å². The van der Waals surface area contributed by atoms with Crippen LogP contribution in [-0.4, -0.2) is 41.6 Å². The summed E-state index contributed by atoms with van der Waals surface area (Å²) in [5, 5.41) is 7.14. The van der Waals surface area contributed by atoms with Crippen LogP contribution in [0.3, 0.4) is 0 Å². The van der Waals surface area contributed by atoms with Crippen molar-refractivity contribution in [3.63, 3.8) is 0 Å². The largest absolute Gasteiger partial charge is 0.694 e. The first-order valence-electron chi connectivity index (χ1n) is 6.01. The van der Waals surface area contributed by atoms with E-state index in [0.717, 1.165) is 0 Å². The molecule has 0 bridgehead atoms. The average molecular weight is 290 g/mol. The third-order valence-corrected chi connectivity index (χ3v) is 3.79. The first kappa shape index (κ1) is 16.0. The minimum absolute atomic E-state index is 0.0253. The van der Waals surface area contributed by atoms with Gasteiger partial charge in [0, 0.05) is 23.7 Å².